The van der Waals surface area contributed by atoms with Gasteiger partial charge in [-0.15, -0.1) is 0 Å². The summed E-state index contributed by atoms with van der Waals surface area (Å²) in [7, 11) is 0. The van der Waals surface area contributed by atoms with E-state index < -0.39 is 40.6 Å². The Morgan fingerprint density at radius 2 is 1.62 bits per heavy atom. The molecule has 0 bridgehead atoms. The summed E-state index contributed by atoms with van der Waals surface area (Å²) in [5.74, 6) is -1.06. The van der Waals surface area contributed by atoms with Crippen molar-refractivity contribution in [1.29, 1.82) is 0 Å². The lowest BCUT2D eigenvalue weighted by Gasteiger charge is -2.43. The van der Waals surface area contributed by atoms with Gasteiger partial charge in [-0.05, 0) is 71.3 Å². The van der Waals surface area contributed by atoms with Crippen LogP contribution in [0.4, 0.5) is 5.69 Å². The van der Waals surface area contributed by atoms with Crippen LogP contribution in [0.1, 0.15) is 117 Å². The first-order valence-electron chi connectivity index (χ1n) is 17.0. The molecular weight excluding hydrogens is 576 g/mol. The molecule has 3 atom stereocenters. The summed E-state index contributed by atoms with van der Waals surface area (Å²) < 4.78 is 11.4. The number of hydrogen-bond acceptors (Lipinski definition) is 9. The number of unbranched alkanes of at least 4 members (excludes halogenated alkanes) is 7. The summed E-state index contributed by atoms with van der Waals surface area (Å²) in [5, 5.41) is 17.9. The summed E-state index contributed by atoms with van der Waals surface area (Å²) >= 11 is 0. The van der Waals surface area contributed by atoms with E-state index in [1.807, 2.05) is 25.8 Å². The Balaban J connectivity index is 1.67. The van der Waals surface area contributed by atoms with Gasteiger partial charge in [-0.1, -0.05) is 64.0 Å². The van der Waals surface area contributed by atoms with Crippen LogP contribution in [0.3, 0.4) is 0 Å². The van der Waals surface area contributed by atoms with Crippen LogP contribution in [-0.4, -0.2) is 76.2 Å². The van der Waals surface area contributed by atoms with Crippen molar-refractivity contribution in [3.8, 4) is 0 Å². The minimum Gasteiger partial charge on any atom is -0.465 e. The maximum atomic E-state index is 14.0. The van der Waals surface area contributed by atoms with Crippen molar-refractivity contribution in [2.45, 2.75) is 141 Å². The number of benzene rings is 1. The number of ether oxygens (including phenoxy) is 2. The van der Waals surface area contributed by atoms with Crippen molar-refractivity contribution in [2.24, 2.45) is 0 Å². The topological polar surface area (TPSA) is 131 Å². The molecule has 11 heteroatoms. The summed E-state index contributed by atoms with van der Waals surface area (Å²) in [5.41, 5.74) is 0.184. The van der Waals surface area contributed by atoms with Crippen LogP contribution >= 0.6 is 0 Å². The van der Waals surface area contributed by atoms with Gasteiger partial charge in [0.15, 0.2) is 0 Å². The maximum Gasteiger partial charge on any atom is 0.331 e. The van der Waals surface area contributed by atoms with Crippen molar-refractivity contribution in [1.82, 2.24) is 15.3 Å². The molecule has 1 amide bonds. The first-order valence-corrected chi connectivity index (χ1v) is 17.0. The number of esters is 2. The van der Waals surface area contributed by atoms with E-state index >= 15 is 0 Å². The molecule has 45 heavy (non-hydrogen) atoms. The van der Waals surface area contributed by atoms with Crippen LogP contribution in [0.25, 0.3) is 0 Å². The summed E-state index contributed by atoms with van der Waals surface area (Å²) in [6, 6.07) is 4.16. The first kappa shape index (κ1) is 36.4. The van der Waals surface area contributed by atoms with E-state index in [9.17, 15) is 24.5 Å². The Kier molecular flexibility index (Phi) is 14.7. The smallest absolute Gasteiger partial charge is 0.331 e. The van der Waals surface area contributed by atoms with Crippen LogP contribution in [-0.2, 0) is 30.3 Å². The highest BCUT2D eigenvalue weighted by atomic mass is 16.6. The number of fused-ring (bicyclic) bond motifs is 1. The van der Waals surface area contributed by atoms with Crippen molar-refractivity contribution in [3.63, 3.8) is 0 Å². The van der Waals surface area contributed by atoms with Gasteiger partial charge in [0.05, 0.1) is 17.6 Å². The van der Waals surface area contributed by atoms with Crippen LogP contribution in [0.5, 0.6) is 0 Å². The molecule has 2 saturated heterocycles. The third kappa shape index (κ3) is 12.0. The Bertz CT molecular complexity index is 1100. The molecule has 0 aromatic heterocycles. The van der Waals surface area contributed by atoms with Gasteiger partial charge in [-0.25, -0.2) is 9.80 Å². The number of non-ortho nitro benzene ring substituents is 1. The van der Waals surface area contributed by atoms with E-state index in [0.29, 0.717) is 45.4 Å². The highest BCUT2D eigenvalue weighted by Gasteiger charge is 2.44. The predicted octanol–water partition coefficient (Wildman–Crippen LogP) is 5.88. The Morgan fingerprint density at radius 3 is 2.24 bits per heavy atom. The predicted molar refractivity (Wildman–Crippen MR) is 172 cm³/mol. The zero-order valence-corrected chi connectivity index (χ0v) is 27.8. The molecule has 2 fully saturated rings. The molecule has 11 nitrogen and oxygen atoms in total. The van der Waals surface area contributed by atoms with Gasteiger partial charge in [-0.2, -0.15) is 0 Å². The molecule has 2 heterocycles. The van der Waals surface area contributed by atoms with E-state index in [4.69, 9.17) is 9.47 Å². The fourth-order valence-electron chi connectivity index (χ4n) is 6.03. The number of rotatable bonds is 17. The molecule has 252 valence electrons. The second-order valence-electron chi connectivity index (χ2n) is 13.3. The standard InChI is InChI=1S/C34H54N4O7/c1-5-6-7-8-9-10-11-12-25-44-32(40)29(22-19-26-17-20-27(21-18-26)38(42)43)35-28-15-13-23-36-24-14-16-30(37(36)31(28)39)33(41)45-34(2,3)4/h17-18,20-21,28-30,35H,5-16,19,22-25H2,1-4H3/t28-,29-,30-/m0/s1. The van der Waals surface area contributed by atoms with Crippen LogP contribution in [0.15, 0.2) is 24.3 Å². The Morgan fingerprint density at radius 1 is 1.00 bits per heavy atom. The molecule has 1 N–H and O–H groups in total. The van der Waals surface area contributed by atoms with Gasteiger partial charge in [-0.3, -0.25) is 30.0 Å². The van der Waals surface area contributed by atoms with Crippen molar-refractivity contribution in [3.05, 3.63) is 39.9 Å². The molecule has 0 unspecified atom stereocenters. The lowest BCUT2D eigenvalue weighted by atomic mass is 10.0. The van der Waals surface area contributed by atoms with Crippen molar-refractivity contribution < 1.29 is 28.8 Å². The number of nitro groups is 1. The number of carbonyl (C=O) groups is 3. The SMILES string of the molecule is CCCCCCCCCCOC(=O)[C@H](CCc1ccc([N+](=O)[O-])cc1)N[C@H]1CCCN2CCC[C@@H](C(=O)OC(C)(C)C)N2C1=O. The average molecular weight is 631 g/mol. The number of nitrogens with zero attached hydrogens (tertiary/aromatic N) is 3. The summed E-state index contributed by atoms with van der Waals surface area (Å²) in [6.07, 6.45) is 12.5. The monoisotopic (exact) mass is 630 g/mol. The third-order valence-corrected chi connectivity index (χ3v) is 8.40. The maximum absolute atomic E-state index is 14.0. The minimum atomic E-state index is -0.750. The molecule has 0 aliphatic carbocycles. The third-order valence-electron chi connectivity index (χ3n) is 8.40. The highest BCUT2D eigenvalue weighted by molar-refractivity contribution is 5.88. The lowest BCUT2D eigenvalue weighted by molar-refractivity contribution is -0.384. The molecule has 3 rings (SSSR count). The summed E-state index contributed by atoms with van der Waals surface area (Å²) in [6.45, 7) is 9.29. The highest BCUT2D eigenvalue weighted by Crippen LogP contribution is 2.26. The molecule has 1 aromatic carbocycles. The van der Waals surface area contributed by atoms with E-state index in [0.717, 1.165) is 37.7 Å². The second-order valence-corrected chi connectivity index (χ2v) is 13.3. The zero-order chi connectivity index (χ0) is 32.8. The van der Waals surface area contributed by atoms with Crippen LogP contribution in [0.2, 0.25) is 0 Å². The van der Waals surface area contributed by atoms with Crippen molar-refractivity contribution in [2.75, 3.05) is 19.7 Å². The number of nitrogens with one attached hydrogen (secondary N) is 1. The number of amides is 1. The Hall–Kier alpha value is -3.05. The molecular formula is C34H54N4O7. The van der Waals surface area contributed by atoms with Gasteiger partial charge in [0.2, 0.25) is 0 Å². The van der Waals surface area contributed by atoms with E-state index in [1.165, 1.54) is 44.2 Å². The van der Waals surface area contributed by atoms with Crippen LogP contribution in [0, 0.1) is 10.1 Å². The molecule has 2 aliphatic rings. The largest absolute Gasteiger partial charge is 0.465 e. The minimum absolute atomic E-state index is 0.00729. The van der Waals surface area contributed by atoms with Gasteiger partial charge >= 0.3 is 11.9 Å². The number of hydrogen-bond donors (Lipinski definition) is 1. The van der Waals surface area contributed by atoms with Gasteiger partial charge < -0.3 is 9.47 Å². The number of aryl methyl sites for hydroxylation is 1. The first-order chi connectivity index (χ1) is 21.5. The van der Waals surface area contributed by atoms with Gasteiger partial charge in [0.1, 0.15) is 17.7 Å². The average Bonchev–Trinajstić information content (AvgIpc) is 3.15. The lowest BCUT2D eigenvalue weighted by Crippen LogP contribution is -2.62. The molecule has 0 spiro atoms. The Labute approximate surface area is 268 Å². The van der Waals surface area contributed by atoms with Crippen LogP contribution < -0.4 is 5.32 Å². The second kappa shape index (κ2) is 18.2. The van der Waals surface area contributed by atoms with Crippen molar-refractivity contribution >= 4 is 23.5 Å². The molecule has 2 aliphatic heterocycles. The summed E-state index contributed by atoms with van der Waals surface area (Å²) in [4.78, 5) is 51.2. The van der Waals surface area contributed by atoms with Gasteiger partial charge in [0, 0.05) is 25.2 Å². The normalized spacial score (nSPS) is 19.8. The number of nitro benzene ring substituents is 1. The molecule has 0 radical (unpaired) electrons. The van der Waals surface area contributed by atoms with E-state index in [-0.39, 0.29) is 11.6 Å². The number of hydrazine groups is 1. The number of carbonyl (C=O) groups excluding carboxylic acids is 3. The molecule has 0 saturated carbocycles. The fraction of sp³-hybridized carbons (Fsp3) is 0.735. The van der Waals surface area contributed by atoms with Gasteiger partial charge in [0.25, 0.3) is 11.6 Å². The van der Waals surface area contributed by atoms with E-state index in [2.05, 4.69) is 12.2 Å². The zero-order valence-electron chi connectivity index (χ0n) is 27.8. The fourth-order valence-corrected chi connectivity index (χ4v) is 6.03. The quantitative estimate of drug-likeness (QED) is 0.0970. The van der Waals surface area contributed by atoms with E-state index in [1.54, 1.807) is 17.1 Å². The molecule has 1 aromatic rings.